The van der Waals surface area contributed by atoms with Gasteiger partial charge in [-0.15, -0.1) is 0 Å². The number of ether oxygens (including phenoxy) is 2. The zero-order valence-electron chi connectivity index (χ0n) is 9.86. The lowest BCUT2D eigenvalue weighted by Crippen LogP contribution is -2.31. The van der Waals surface area contributed by atoms with Crippen LogP contribution in [0.1, 0.15) is 30.7 Å². The van der Waals surface area contributed by atoms with Gasteiger partial charge in [0.1, 0.15) is 5.75 Å². The number of aromatic nitrogens is 1. The highest BCUT2D eigenvalue weighted by molar-refractivity contribution is 5.42. The van der Waals surface area contributed by atoms with Crippen LogP contribution in [0.2, 0.25) is 0 Å². The number of nitrogens with zero attached hydrogens (tertiary/aromatic N) is 1. The highest BCUT2D eigenvalue weighted by Crippen LogP contribution is 2.32. The molecule has 2 rings (SSSR count). The minimum absolute atomic E-state index is 0.0331. The summed E-state index contributed by atoms with van der Waals surface area (Å²) in [4.78, 5) is 4.22. The van der Waals surface area contributed by atoms with Crippen molar-refractivity contribution in [2.75, 3.05) is 0 Å². The van der Waals surface area contributed by atoms with E-state index in [-0.39, 0.29) is 12.9 Å². The largest absolute Gasteiger partial charge is 0.462 e. The molecule has 0 aliphatic carbocycles. The van der Waals surface area contributed by atoms with Gasteiger partial charge in [0.15, 0.2) is 0 Å². The number of pyridine rings is 1. The van der Waals surface area contributed by atoms with Gasteiger partial charge in [-0.2, -0.15) is 0 Å². The van der Waals surface area contributed by atoms with Crippen molar-refractivity contribution < 1.29 is 14.6 Å². The number of aryl methyl sites for hydroxylation is 1. The maximum absolute atomic E-state index is 9.21. The predicted molar refractivity (Wildman–Crippen MR) is 58.9 cm³/mol. The summed E-state index contributed by atoms with van der Waals surface area (Å²) in [6.45, 7) is 6.46. The Labute approximate surface area is 95.2 Å². The molecule has 1 aromatic rings. The van der Waals surface area contributed by atoms with Crippen molar-refractivity contribution in [2.24, 2.45) is 5.92 Å². The second-order valence-corrected chi connectivity index (χ2v) is 4.38. The molecule has 88 valence electrons. The van der Waals surface area contributed by atoms with Crippen LogP contribution in [0.15, 0.2) is 6.20 Å². The Morgan fingerprint density at radius 3 is 2.94 bits per heavy atom. The van der Waals surface area contributed by atoms with E-state index in [0.29, 0.717) is 12.5 Å². The third-order valence-corrected chi connectivity index (χ3v) is 2.74. The predicted octanol–water partition coefficient (Wildman–Crippen LogP) is 1.77. The van der Waals surface area contributed by atoms with E-state index in [9.17, 15) is 5.11 Å². The van der Waals surface area contributed by atoms with Gasteiger partial charge in [-0.05, 0) is 6.92 Å². The highest BCUT2D eigenvalue weighted by Gasteiger charge is 2.26. The van der Waals surface area contributed by atoms with E-state index in [1.807, 2.05) is 20.8 Å². The normalized spacial score (nSPS) is 19.4. The number of hydrogen-bond acceptors (Lipinski definition) is 4. The van der Waals surface area contributed by atoms with Crippen LogP contribution in [-0.2, 0) is 18.0 Å². The lowest BCUT2D eigenvalue weighted by Gasteiger charge is -2.30. The minimum Gasteiger partial charge on any atom is -0.462 e. The molecule has 0 amide bonds. The Bertz CT molecular complexity index is 390. The summed E-state index contributed by atoms with van der Waals surface area (Å²) in [5.74, 6) is 1.07. The molecule has 0 saturated heterocycles. The Balaban J connectivity index is 2.37. The van der Waals surface area contributed by atoms with Crippen LogP contribution in [0.5, 0.6) is 5.75 Å². The van der Waals surface area contributed by atoms with Crippen LogP contribution in [-0.4, -0.2) is 16.4 Å². The standard InChI is InChI=1S/C12H17NO3/c1-7(2)12-15-6-10-9(5-14)4-13-8(3)11(10)16-12/h4,7,12,14H,5-6H2,1-3H3. The number of aliphatic hydroxyl groups excluding tert-OH is 1. The fourth-order valence-electron chi connectivity index (χ4n) is 1.77. The summed E-state index contributed by atoms with van der Waals surface area (Å²) >= 11 is 0. The molecule has 1 atom stereocenters. The number of fused-ring (bicyclic) bond motifs is 1. The zero-order valence-corrected chi connectivity index (χ0v) is 9.86. The van der Waals surface area contributed by atoms with E-state index in [0.717, 1.165) is 22.6 Å². The van der Waals surface area contributed by atoms with Crippen LogP contribution in [0.25, 0.3) is 0 Å². The molecule has 1 N–H and O–H groups in total. The number of hydrogen-bond donors (Lipinski definition) is 1. The van der Waals surface area contributed by atoms with Gasteiger partial charge in [-0.3, -0.25) is 4.98 Å². The van der Waals surface area contributed by atoms with Gasteiger partial charge in [-0.1, -0.05) is 13.8 Å². The van der Waals surface area contributed by atoms with Gasteiger partial charge in [0, 0.05) is 23.2 Å². The summed E-state index contributed by atoms with van der Waals surface area (Å²) in [7, 11) is 0. The lowest BCUT2D eigenvalue weighted by molar-refractivity contribution is -0.133. The fraction of sp³-hybridized carbons (Fsp3) is 0.583. The summed E-state index contributed by atoms with van der Waals surface area (Å²) in [5.41, 5.74) is 2.55. The Hall–Kier alpha value is -1.13. The monoisotopic (exact) mass is 223 g/mol. The molecule has 1 aromatic heterocycles. The molecule has 0 radical (unpaired) electrons. The molecule has 4 heteroatoms. The summed E-state index contributed by atoms with van der Waals surface area (Å²) in [6, 6.07) is 0. The third kappa shape index (κ3) is 1.90. The molecule has 0 aromatic carbocycles. The maximum Gasteiger partial charge on any atom is 0.202 e. The molecule has 1 aliphatic rings. The van der Waals surface area contributed by atoms with E-state index >= 15 is 0 Å². The first-order valence-corrected chi connectivity index (χ1v) is 5.50. The molecular weight excluding hydrogens is 206 g/mol. The van der Waals surface area contributed by atoms with Crippen molar-refractivity contribution in [1.82, 2.24) is 4.98 Å². The summed E-state index contributed by atoms with van der Waals surface area (Å²) in [6.07, 6.45) is 1.46. The van der Waals surface area contributed by atoms with E-state index in [2.05, 4.69) is 4.98 Å². The van der Waals surface area contributed by atoms with Crippen molar-refractivity contribution in [2.45, 2.75) is 40.3 Å². The van der Waals surface area contributed by atoms with Crippen molar-refractivity contribution in [3.8, 4) is 5.75 Å². The summed E-state index contributed by atoms with van der Waals surface area (Å²) < 4.78 is 11.4. The fourth-order valence-corrected chi connectivity index (χ4v) is 1.77. The average Bonchev–Trinajstić information content (AvgIpc) is 2.29. The van der Waals surface area contributed by atoms with Gasteiger partial charge in [0.2, 0.25) is 6.29 Å². The van der Waals surface area contributed by atoms with Gasteiger partial charge in [0.05, 0.1) is 18.9 Å². The maximum atomic E-state index is 9.21. The molecule has 2 heterocycles. The first-order valence-electron chi connectivity index (χ1n) is 5.50. The SMILES string of the molecule is Cc1ncc(CO)c2c1OC(C(C)C)OC2. The Morgan fingerprint density at radius 2 is 2.31 bits per heavy atom. The van der Waals surface area contributed by atoms with E-state index in [4.69, 9.17) is 9.47 Å². The van der Waals surface area contributed by atoms with Gasteiger partial charge in [0.25, 0.3) is 0 Å². The van der Waals surface area contributed by atoms with E-state index in [1.165, 1.54) is 0 Å². The third-order valence-electron chi connectivity index (χ3n) is 2.74. The molecule has 16 heavy (non-hydrogen) atoms. The number of rotatable bonds is 2. The average molecular weight is 223 g/mol. The topological polar surface area (TPSA) is 51.6 Å². The van der Waals surface area contributed by atoms with Gasteiger partial charge in [-0.25, -0.2) is 0 Å². The Kier molecular flexibility index (Phi) is 3.12. The number of aliphatic hydroxyl groups is 1. The van der Waals surface area contributed by atoms with E-state index in [1.54, 1.807) is 6.20 Å². The molecule has 0 bridgehead atoms. The first-order chi connectivity index (χ1) is 7.63. The molecule has 1 unspecified atom stereocenters. The molecule has 0 fully saturated rings. The highest BCUT2D eigenvalue weighted by atomic mass is 16.7. The van der Waals surface area contributed by atoms with Crippen LogP contribution in [0.3, 0.4) is 0 Å². The van der Waals surface area contributed by atoms with Crippen molar-refractivity contribution >= 4 is 0 Å². The molecule has 0 spiro atoms. The minimum atomic E-state index is -0.220. The van der Waals surface area contributed by atoms with E-state index < -0.39 is 0 Å². The lowest BCUT2D eigenvalue weighted by atomic mass is 10.1. The van der Waals surface area contributed by atoms with Gasteiger partial charge >= 0.3 is 0 Å². The first kappa shape index (κ1) is 11.4. The van der Waals surface area contributed by atoms with Crippen LogP contribution in [0, 0.1) is 12.8 Å². The van der Waals surface area contributed by atoms with Crippen molar-refractivity contribution in [3.63, 3.8) is 0 Å². The van der Waals surface area contributed by atoms with Crippen LogP contribution < -0.4 is 4.74 Å². The van der Waals surface area contributed by atoms with Crippen molar-refractivity contribution in [1.29, 1.82) is 0 Å². The zero-order chi connectivity index (χ0) is 11.7. The molecule has 0 saturated carbocycles. The van der Waals surface area contributed by atoms with Crippen LogP contribution >= 0.6 is 0 Å². The molecule has 4 nitrogen and oxygen atoms in total. The molecular formula is C12H17NO3. The molecule has 1 aliphatic heterocycles. The van der Waals surface area contributed by atoms with Crippen LogP contribution in [0.4, 0.5) is 0 Å². The summed E-state index contributed by atoms with van der Waals surface area (Å²) in [5, 5.41) is 9.21. The second-order valence-electron chi connectivity index (χ2n) is 4.38. The van der Waals surface area contributed by atoms with Crippen molar-refractivity contribution in [3.05, 3.63) is 23.0 Å². The second kappa shape index (κ2) is 4.39. The quantitative estimate of drug-likeness (QED) is 0.830. The smallest absolute Gasteiger partial charge is 0.202 e. The van der Waals surface area contributed by atoms with Gasteiger partial charge < -0.3 is 14.6 Å². The Morgan fingerprint density at radius 1 is 1.56 bits per heavy atom.